The molecule has 7 heteroatoms. The van der Waals surface area contributed by atoms with Gasteiger partial charge >= 0.3 is 12.1 Å². The molecule has 0 spiro atoms. The van der Waals surface area contributed by atoms with Gasteiger partial charge in [-0.1, -0.05) is 0 Å². The van der Waals surface area contributed by atoms with E-state index >= 15 is 0 Å². The number of imide groups is 1. The van der Waals surface area contributed by atoms with Crippen molar-refractivity contribution < 1.29 is 9.59 Å². The molecule has 7 nitrogen and oxygen atoms in total. The first-order valence-electron chi connectivity index (χ1n) is 5.89. The number of benzene rings is 1. The molecule has 1 aromatic rings. The number of nitrogen functional groups attached to an aromatic ring is 1. The van der Waals surface area contributed by atoms with E-state index in [9.17, 15) is 9.59 Å². The molecule has 1 aliphatic heterocycles. The summed E-state index contributed by atoms with van der Waals surface area (Å²) in [6.07, 6.45) is 0.739. The van der Waals surface area contributed by atoms with Gasteiger partial charge in [-0.05, 0) is 30.7 Å². The molecule has 1 aromatic carbocycles. The van der Waals surface area contributed by atoms with Gasteiger partial charge in [-0.3, -0.25) is 5.41 Å². The van der Waals surface area contributed by atoms with Crippen molar-refractivity contribution in [3.05, 3.63) is 29.8 Å². The largest absolute Gasteiger partial charge is 0.384 e. The lowest BCUT2D eigenvalue weighted by atomic mass is 10.2. The normalized spacial score (nSPS) is 14.7. The predicted molar refractivity (Wildman–Crippen MR) is 71.2 cm³/mol. The molecule has 2 rings (SSSR count). The highest BCUT2D eigenvalue weighted by Crippen LogP contribution is 2.11. The van der Waals surface area contributed by atoms with Crippen LogP contribution in [0.1, 0.15) is 12.0 Å². The number of carbonyl (C=O) groups is 2. The molecule has 1 heterocycles. The third-order valence-corrected chi connectivity index (χ3v) is 2.77. The first kappa shape index (κ1) is 12.9. The summed E-state index contributed by atoms with van der Waals surface area (Å²) in [5, 5.41) is 12.5. The third kappa shape index (κ3) is 3.01. The van der Waals surface area contributed by atoms with Gasteiger partial charge in [0.25, 0.3) is 0 Å². The zero-order valence-corrected chi connectivity index (χ0v) is 10.3. The summed E-state index contributed by atoms with van der Waals surface area (Å²) < 4.78 is 0. The minimum atomic E-state index is -0.465. The average molecular weight is 261 g/mol. The van der Waals surface area contributed by atoms with Crippen molar-refractivity contribution in [3.8, 4) is 0 Å². The molecule has 0 atom stereocenters. The quantitative estimate of drug-likeness (QED) is 0.469. The monoisotopic (exact) mass is 261 g/mol. The Hall–Kier alpha value is -2.57. The molecule has 0 saturated carbocycles. The summed E-state index contributed by atoms with van der Waals surface area (Å²) in [5.41, 5.74) is 6.46. The minimum absolute atomic E-state index is 0.0340. The van der Waals surface area contributed by atoms with Crippen LogP contribution in [0.3, 0.4) is 0 Å². The molecule has 1 fully saturated rings. The Morgan fingerprint density at radius 3 is 2.63 bits per heavy atom. The number of hydrogen-bond acceptors (Lipinski definition) is 3. The van der Waals surface area contributed by atoms with E-state index in [4.69, 9.17) is 11.1 Å². The molecule has 0 radical (unpaired) electrons. The van der Waals surface area contributed by atoms with Crippen LogP contribution >= 0.6 is 0 Å². The van der Waals surface area contributed by atoms with Gasteiger partial charge in [0.05, 0.1) is 0 Å². The van der Waals surface area contributed by atoms with Crippen LogP contribution in [0, 0.1) is 5.41 Å². The highest BCUT2D eigenvalue weighted by atomic mass is 16.2. The van der Waals surface area contributed by atoms with Crippen LogP contribution in [0.5, 0.6) is 0 Å². The number of rotatable bonds is 2. The van der Waals surface area contributed by atoms with Crippen molar-refractivity contribution in [3.63, 3.8) is 0 Å². The van der Waals surface area contributed by atoms with Crippen LogP contribution in [0.4, 0.5) is 15.3 Å². The molecule has 100 valence electrons. The molecule has 0 bridgehead atoms. The molecule has 0 aromatic heterocycles. The predicted octanol–water partition coefficient (Wildman–Crippen LogP) is 0.918. The first-order chi connectivity index (χ1) is 9.08. The van der Waals surface area contributed by atoms with Crippen LogP contribution in [0.2, 0.25) is 0 Å². The second-order valence-corrected chi connectivity index (χ2v) is 4.16. The average Bonchev–Trinajstić information content (AvgIpc) is 2.39. The van der Waals surface area contributed by atoms with E-state index in [0.717, 1.165) is 11.3 Å². The molecule has 4 amide bonds. The maximum absolute atomic E-state index is 11.9. The van der Waals surface area contributed by atoms with Crippen LogP contribution in [-0.2, 0) is 0 Å². The van der Waals surface area contributed by atoms with E-state index in [0.29, 0.717) is 24.3 Å². The standard InChI is InChI=1S/C12H15N5O2/c13-10(14)8-2-4-9(5-3-8)16-12(19)17-7-1-6-15-11(17)18/h2-5H,1,6-7H2,(H3,13,14)(H,15,18)(H,16,19). The van der Waals surface area contributed by atoms with E-state index in [1.54, 1.807) is 24.3 Å². The smallest absolute Gasteiger partial charge is 0.329 e. The first-order valence-corrected chi connectivity index (χ1v) is 5.89. The van der Waals surface area contributed by atoms with Crippen molar-refractivity contribution in [2.45, 2.75) is 6.42 Å². The number of carbonyl (C=O) groups excluding carboxylic acids is 2. The van der Waals surface area contributed by atoms with E-state index in [-0.39, 0.29) is 11.9 Å². The Kier molecular flexibility index (Phi) is 3.65. The van der Waals surface area contributed by atoms with E-state index in [1.807, 2.05) is 0 Å². The zero-order chi connectivity index (χ0) is 13.8. The van der Waals surface area contributed by atoms with E-state index in [2.05, 4.69) is 10.6 Å². The van der Waals surface area contributed by atoms with Crippen molar-refractivity contribution in [1.82, 2.24) is 10.2 Å². The fourth-order valence-corrected chi connectivity index (χ4v) is 1.75. The van der Waals surface area contributed by atoms with Gasteiger partial charge in [-0.15, -0.1) is 0 Å². The lowest BCUT2D eigenvalue weighted by Crippen LogP contribution is -2.50. The Labute approximate surface area is 110 Å². The van der Waals surface area contributed by atoms with Gasteiger partial charge in [0.2, 0.25) is 0 Å². The van der Waals surface area contributed by atoms with Crippen LogP contribution in [-0.4, -0.2) is 35.9 Å². The number of anilines is 1. The maximum Gasteiger partial charge on any atom is 0.329 e. The SMILES string of the molecule is N=C(N)c1ccc(NC(=O)N2CCCNC2=O)cc1. The number of amidine groups is 1. The van der Waals surface area contributed by atoms with Crippen LogP contribution in [0.15, 0.2) is 24.3 Å². The lowest BCUT2D eigenvalue weighted by Gasteiger charge is -2.25. The van der Waals surface area contributed by atoms with Gasteiger partial charge in [0.1, 0.15) is 5.84 Å². The molecule has 0 aliphatic carbocycles. The van der Waals surface area contributed by atoms with Crippen molar-refractivity contribution >= 4 is 23.6 Å². The Bertz CT molecular complexity index is 511. The lowest BCUT2D eigenvalue weighted by molar-refractivity contribution is 0.185. The van der Waals surface area contributed by atoms with Gasteiger partial charge in [-0.2, -0.15) is 0 Å². The van der Waals surface area contributed by atoms with Gasteiger partial charge in [0, 0.05) is 24.3 Å². The zero-order valence-electron chi connectivity index (χ0n) is 10.3. The second-order valence-electron chi connectivity index (χ2n) is 4.16. The number of nitrogens with one attached hydrogen (secondary N) is 3. The van der Waals surface area contributed by atoms with Crippen molar-refractivity contribution in [2.75, 3.05) is 18.4 Å². The molecule has 0 unspecified atom stereocenters. The molecule has 5 N–H and O–H groups in total. The summed E-state index contributed by atoms with van der Waals surface area (Å²) in [6, 6.07) is 5.69. The van der Waals surface area contributed by atoms with Gasteiger partial charge < -0.3 is 16.4 Å². The number of hydrogen-bond donors (Lipinski definition) is 4. The Morgan fingerprint density at radius 2 is 2.05 bits per heavy atom. The molecule has 1 saturated heterocycles. The van der Waals surface area contributed by atoms with Crippen LogP contribution in [0.25, 0.3) is 0 Å². The highest BCUT2D eigenvalue weighted by molar-refractivity contribution is 6.01. The topological polar surface area (TPSA) is 111 Å². The second kappa shape index (κ2) is 5.38. The van der Waals surface area contributed by atoms with Crippen LogP contribution < -0.4 is 16.4 Å². The summed E-state index contributed by atoms with van der Waals surface area (Å²) in [4.78, 5) is 24.5. The number of nitrogens with two attached hydrogens (primary N) is 1. The number of nitrogens with zero attached hydrogens (tertiary/aromatic N) is 1. The molecule has 1 aliphatic rings. The molecule has 19 heavy (non-hydrogen) atoms. The number of amides is 4. The Balaban J connectivity index is 2.02. The van der Waals surface area contributed by atoms with Crippen molar-refractivity contribution in [2.24, 2.45) is 5.73 Å². The summed E-state index contributed by atoms with van der Waals surface area (Å²) in [7, 11) is 0. The Morgan fingerprint density at radius 1 is 1.37 bits per heavy atom. The summed E-state index contributed by atoms with van der Waals surface area (Å²) in [6.45, 7) is 0.999. The van der Waals surface area contributed by atoms with Gasteiger partial charge in [-0.25, -0.2) is 14.5 Å². The minimum Gasteiger partial charge on any atom is -0.384 e. The highest BCUT2D eigenvalue weighted by Gasteiger charge is 2.23. The summed E-state index contributed by atoms with van der Waals surface area (Å²) >= 11 is 0. The molecular formula is C12H15N5O2. The maximum atomic E-state index is 11.9. The van der Waals surface area contributed by atoms with E-state index in [1.165, 1.54) is 0 Å². The van der Waals surface area contributed by atoms with Crippen molar-refractivity contribution in [1.29, 1.82) is 5.41 Å². The fraction of sp³-hybridized carbons (Fsp3) is 0.250. The fourth-order valence-electron chi connectivity index (χ4n) is 1.75. The van der Waals surface area contributed by atoms with E-state index < -0.39 is 6.03 Å². The number of urea groups is 2. The van der Waals surface area contributed by atoms with Gasteiger partial charge in [0.15, 0.2) is 0 Å². The third-order valence-electron chi connectivity index (χ3n) is 2.77. The molecular weight excluding hydrogens is 246 g/mol. The summed E-state index contributed by atoms with van der Waals surface area (Å²) in [5.74, 6) is -0.0340.